The van der Waals surface area contributed by atoms with E-state index in [4.69, 9.17) is 0 Å². The van der Waals surface area contributed by atoms with Gasteiger partial charge in [-0.05, 0) is 43.5 Å². The van der Waals surface area contributed by atoms with E-state index in [1.165, 1.54) is 6.21 Å². The minimum atomic E-state index is -3.64. The summed E-state index contributed by atoms with van der Waals surface area (Å²) in [6, 6.07) is 13.0. The van der Waals surface area contributed by atoms with Crippen molar-refractivity contribution < 1.29 is 8.42 Å². The Balaban J connectivity index is 2.18. The molecule has 1 N–H and O–H groups in total. The van der Waals surface area contributed by atoms with Crippen molar-refractivity contribution in [2.75, 3.05) is 0 Å². The second-order valence-corrected chi connectivity index (χ2v) is 6.66. The first kappa shape index (κ1) is 15.3. The molecule has 0 heterocycles. The van der Waals surface area contributed by atoms with E-state index in [0.29, 0.717) is 5.56 Å². The van der Waals surface area contributed by atoms with Crippen molar-refractivity contribution in [2.24, 2.45) is 5.10 Å². The zero-order valence-electron chi connectivity index (χ0n) is 12.3. The predicted octanol–water partition coefficient (Wildman–Crippen LogP) is 2.92. The smallest absolute Gasteiger partial charge is 0.200 e. The van der Waals surface area contributed by atoms with Crippen molar-refractivity contribution in [1.82, 2.24) is 4.83 Å². The number of sulfonamides is 1. The van der Waals surface area contributed by atoms with Gasteiger partial charge in [-0.2, -0.15) is 13.5 Å². The van der Waals surface area contributed by atoms with E-state index in [2.05, 4.69) is 9.93 Å². The summed E-state index contributed by atoms with van der Waals surface area (Å²) < 4.78 is 24.4. The van der Waals surface area contributed by atoms with Gasteiger partial charge in [0.15, 0.2) is 0 Å². The molecule has 0 aliphatic rings. The molecular weight excluding hydrogens is 284 g/mol. The molecule has 4 nitrogen and oxygen atoms in total. The van der Waals surface area contributed by atoms with Crippen molar-refractivity contribution in [1.29, 1.82) is 0 Å². The van der Waals surface area contributed by atoms with Crippen molar-refractivity contribution in [3.05, 3.63) is 64.7 Å². The molecule has 0 unspecified atom stereocenters. The lowest BCUT2D eigenvalue weighted by atomic mass is 10.2. The van der Waals surface area contributed by atoms with Gasteiger partial charge in [-0.15, -0.1) is 0 Å². The summed E-state index contributed by atoms with van der Waals surface area (Å²) in [6.45, 7) is 5.61. The molecule has 0 bridgehead atoms. The number of aryl methyl sites for hydroxylation is 3. The molecule has 0 aromatic heterocycles. The van der Waals surface area contributed by atoms with E-state index >= 15 is 0 Å². The van der Waals surface area contributed by atoms with Crippen LogP contribution in [0.15, 0.2) is 52.5 Å². The number of hydrogen-bond donors (Lipinski definition) is 1. The van der Waals surface area contributed by atoms with Crippen LogP contribution < -0.4 is 4.83 Å². The Kier molecular flexibility index (Phi) is 4.43. The van der Waals surface area contributed by atoms with Crippen LogP contribution in [0.2, 0.25) is 0 Å². The highest BCUT2D eigenvalue weighted by Gasteiger charge is 2.15. The lowest BCUT2D eigenvalue weighted by Crippen LogP contribution is -2.19. The van der Waals surface area contributed by atoms with Crippen molar-refractivity contribution in [3.63, 3.8) is 0 Å². The highest BCUT2D eigenvalue weighted by Crippen LogP contribution is 2.16. The number of hydrazone groups is 1. The number of nitrogens with zero attached hydrogens (tertiary/aromatic N) is 1. The molecule has 0 atom stereocenters. The molecule has 0 radical (unpaired) electrons. The summed E-state index contributed by atoms with van der Waals surface area (Å²) in [5.74, 6) is 0. The quantitative estimate of drug-likeness (QED) is 0.697. The molecule has 2 aromatic carbocycles. The van der Waals surface area contributed by atoms with Crippen LogP contribution >= 0.6 is 0 Å². The molecule has 2 aromatic rings. The normalized spacial score (nSPS) is 11.8. The topological polar surface area (TPSA) is 58.5 Å². The first-order valence-corrected chi connectivity index (χ1v) is 8.05. The Morgan fingerprint density at radius 2 is 1.57 bits per heavy atom. The minimum Gasteiger partial charge on any atom is -0.200 e. The van der Waals surface area contributed by atoms with Crippen LogP contribution in [0.5, 0.6) is 0 Å². The molecule has 0 aliphatic carbocycles. The first-order chi connectivity index (χ1) is 9.88. The average Bonchev–Trinajstić information content (AvgIpc) is 2.43. The van der Waals surface area contributed by atoms with Gasteiger partial charge in [-0.25, -0.2) is 4.83 Å². The van der Waals surface area contributed by atoms with Gasteiger partial charge in [-0.3, -0.25) is 0 Å². The van der Waals surface area contributed by atoms with Gasteiger partial charge < -0.3 is 0 Å². The largest absolute Gasteiger partial charge is 0.276 e. The van der Waals surface area contributed by atoms with Crippen LogP contribution in [-0.2, 0) is 10.0 Å². The molecular formula is C16H18N2O2S. The Morgan fingerprint density at radius 1 is 0.952 bits per heavy atom. The van der Waals surface area contributed by atoms with Gasteiger partial charge >= 0.3 is 0 Å². The first-order valence-electron chi connectivity index (χ1n) is 6.57. The highest BCUT2D eigenvalue weighted by atomic mass is 32.2. The van der Waals surface area contributed by atoms with Crippen molar-refractivity contribution >= 4 is 16.2 Å². The van der Waals surface area contributed by atoms with Gasteiger partial charge in [0.05, 0.1) is 11.1 Å². The molecule has 0 fully saturated rings. The fraction of sp³-hybridized carbons (Fsp3) is 0.188. The number of hydrogen-bond acceptors (Lipinski definition) is 3. The monoisotopic (exact) mass is 302 g/mol. The van der Waals surface area contributed by atoms with Gasteiger partial charge in [0.25, 0.3) is 10.0 Å². The summed E-state index contributed by atoms with van der Waals surface area (Å²) in [5, 5.41) is 3.83. The van der Waals surface area contributed by atoms with E-state index in [1.54, 1.807) is 19.1 Å². The third-order valence-corrected chi connectivity index (χ3v) is 4.46. The summed E-state index contributed by atoms with van der Waals surface area (Å²) >= 11 is 0. The van der Waals surface area contributed by atoms with E-state index in [0.717, 1.165) is 16.7 Å². The highest BCUT2D eigenvalue weighted by molar-refractivity contribution is 7.89. The predicted molar refractivity (Wildman–Crippen MR) is 85.0 cm³/mol. The maximum Gasteiger partial charge on any atom is 0.276 e. The molecule has 0 amide bonds. The SMILES string of the molecule is Cc1ccc(/C=N\NS(=O)(=O)c2cc(C)ccc2C)cc1. The molecule has 21 heavy (non-hydrogen) atoms. The Bertz CT molecular complexity index is 763. The van der Waals surface area contributed by atoms with Gasteiger partial charge in [0.1, 0.15) is 0 Å². The van der Waals surface area contributed by atoms with Crippen molar-refractivity contribution in [3.8, 4) is 0 Å². The average molecular weight is 302 g/mol. The van der Waals surface area contributed by atoms with E-state index in [-0.39, 0.29) is 4.90 Å². The van der Waals surface area contributed by atoms with Crippen LogP contribution in [0.1, 0.15) is 22.3 Å². The summed E-state index contributed by atoms with van der Waals surface area (Å²) in [5.41, 5.74) is 3.56. The van der Waals surface area contributed by atoms with Gasteiger partial charge in [0.2, 0.25) is 0 Å². The third-order valence-electron chi connectivity index (χ3n) is 3.10. The third kappa shape index (κ3) is 3.92. The van der Waals surface area contributed by atoms with Gasteiger partial charge in [-0.1, -0.05) is 42.0 Å². The number of nitrogens with one attached hydrogen (secondary N) is 1. The summed E-state index contributed by atoms with van der Waals surface area (Å²) in [7, 11) is -3.64. The van der Waals surface area contributed by atoms with Gasteiger partial charge in [0, 0.05) is 0 Å². The fourth-order valence-corrected chi connectivity index (χ4v) is 2.99. The molecule has 0 saturated heterocycles. The Labute approximate surface area is 125 Å². The summed E-state index contributed by atoms with van der Waals surface area (Å²) in [4.78, 5) is 2.50. The van der Waals surface area contributed by atoms with E-state index in [1.807, 2.05) is 44.2 Å². The lowest BCUT2D eigenvalue weighted by molar-refractivity contribution is 0.584. The van der Waals surface area contributed by atoms with Crippen LogP contribution in [-0.4, -0.2) is 14.6 Å². The summed E-state index contributed by atoms with van der Waals surface area (Å²) in [6.07, 6.45) is 1.49. The maximum atomic E-state index is 12.2. The minimum absolute atomic E-state index is 0.253. The maximum absolute atomic E-state index is 12.2. The zero-order chi connectivity index (χ0) is 15.5. The second-order valence-electron chi connectivity index (χ2n) is 5.03. The molecule has 0 saturated carbocycles. The molecule has 0 aliphatic heterocycles. The molecule has 0 spiro atoms. The van der Waals surface area contributed by atoms with Crippen LogP contribution in [0.4, 0.5) is 0 Å². The Hall–Kier alpha value is -2.14. The lowest BCUT2D eigenvalue weighted by Gasteiger charge is -2.07. The standard InChI is InChI=1S/C16H18N2O2S/c1-12-5-8-15(9-6-12)11-17-18-21(19,20)16-10-13(2)4-7-14(16)3/h4-11,18H,1-3H3/b17-11-. The zero-order valence-corrected chi connectivity index (χ0v) is 13.1. The fourth-order valence-electron chi connectivity index (χ4n) is 1.87. The Morgan fingerprint density at radius 3 is 2.24 bits per heavy atom. The number of rotatable bonds is 4. The van der Waals surface area contributed by atoms with Crippen LogP contribution in [0, 0.1) is 20.8 Å². The van der Waals surface area contributed by atoms with Crippen molar-refractivity contribution in [2.45, 2.75) is 25.7 Å². The van der Waals surface area contributed by atoms with E-state index in [9.17, 15) is 8.42 Å². The molecule has 110 valence electrons. The molecule has 5 heteroatoms. The van der Waals surface area contributed by atoms with Crippen LogP contribution in [0.3, 0.4) is 0 Å². The van der Waals surface area contributed by atoms with Crippen LogP contribution in [0.25, 0.3) is 0 Å². The number of benzene rings is 2. The molecule has 2 rings (SSSR count). The second kappa shape index (κ2) is 6.10. The van der Waals surface area contributed by atoms with E-state index < -0.39 is 10.0 Å².